The van der Waals surface area contributed by atoms with Crippen LogP contribution in [-0.2, 0) is 6.52 Å². The number of likely N-dealkylation sites (tertiary alicyclic amines) is 1. The van der Waals surface area contributed by atoms with E-state index in [1.807, 2.05) is 0 Å². The van der Waals surface area contributed by atoms with Crippen LogP contribution in [0.5, 0.6) is 0 Å². The van der Waals surface area contributed by atoms with Crippen molar-refractivity contribution in [1.29, 1.82) is 0 Å². The molecule has 4 rings (SSSR count). The molecule has 0 spiro atoms. The first kappa shape index (κ1) is 13.0. The average Bonchev–Trinajstić information content (AvgIpc) is 3.31. The van der Waals surface area contributed by atoms with E-state index in [4.69, 9.17) is 12.4 Å². The number of carbonyl (C=O) groups is 1. The molecule has 31 heavy (non-hydrogen) atoms. The van der Waals surface area contributed by atoms with Gasteiger partial charge in [0.2, 0.25) is 0 Å². The number of benzene rings is 1. The van der Waals surface area contributed by atoms with Gasteiger partial charge in [-0.1, -0.05) is 31.3 Å². The maximum absolute atomic E-state index is 14.4. The highest BCUT2D eigenvalue weighted by Gasteiger charge is 2.22. The molecule has 1 aromatic carbocycles. The van der Waals surface area contributed by atoms with E-state index in [1.54, 1.807) is 18.7 Å². The Bertz CT molecular complexity index is 1420. The Morgan fingerprint density at radius 2 is 2.32 bits per heavy atom. The number of aromatic nitrogens is 3. The molecule has 1 aliphatic rings. The molecule has 9 heteroatoms. The van der Waals surface area contributed by atoms with E-state index in [-0.39, 0.29) is 54.4 Å². The number of nitrogens with zero attached hydrogens (tertiary/aromatic N) is 4. The summed E-state index contributed by atoms with van der Waals surface area (Å²) in [6.45, 7) is -0.496. The van der Waals surface area contributed by atoms with E-state index in [0.717, 1.165) is 28.8 Å². The molecule has 0 aliphatic carbocycles. The largest absolute Gasteiger partial charge is 0.365 e. The lowest BCUT2D eigenvalue weighted by Crippen LogP contribution is -2.38. The molecule has 0 radical (unpaired) electrons. The van der Waals surface area contributed by atoms with Crippen molar-refractivity contribution in [1.82, 2.24) is 25.2 Å². The Labute approximate surface area is 197 Å². The third-order valence-electron chi connectivity index (χ3n) is 4.85. The third-order valence-corrected chi connectivity index (χ3v) is 6.02. The number of halogens is 1. The topological polar surface area (TPSA) is 83.0 Å². The van der Waals surface area contributed by atoms with Gasteiger partial charge in [0, 0.05) is 45.4 Å². The van der Waals surface area contributed by atoms with Gasteiger partial charge in [-0.25, -0.2) is 19.3 Å². The number of hydrogen-bond donors (Lipinski definition) is 2. The van der Waals surface area contributed by atoms with Crippen LogP contribution in [0, 0.1) is 5.82 Å². The third kappa shape index (κ3) is 4.83. The molecule has 7 nitrogen and oxygen atoms in total. The number of anilines is 1. The molecule has 1 aliphatic heterocycles. The van der Waals surface area contributed by atoms with Crippen molar-refractivity contribution in [3.05, 3.63) is 46.5 Å². The number of fused-ring (bicyclic) bond motifs is 1. The average molecular weight is 452 g/mol. The second kappa shape index (κ2) is 9.23. The maximum atomic E-state index is 14.4. The molecule has 164 valence electrons. The predicted molar refractivity (Wildman–Crippen MR) is 121 cm³/mol. The summed E-state index contributed by atoms with van der Waals surface area (Å²) >= 11 is 1.13. The highest BCUT2D eigenvalue weighted by Crippen LogP contribution is 2.30. The number of rotatable bonds is 6. The molecule has 3 heterocycles. The lowest BCUT2D eigenvalue weighted by molar-refractivity contribution is 0.0959. The molecule has 0 bridgehead atoms. The number of amides is 1. The zero-order chi connectivity index (χ0) is 29.8. The molecular weight excluding hydrogens is 415 g/mol. The van der Waals surface area contributed by atoms with Crippen molar-refractivity contribution in [2.24, 2.45) is 0 Å². The summed E-state index contributed by atoms with van der Waals surface area (Å²) in [5.41, 5.74) is -0.196. The first-order valence-electron chi connectivity index (χ1n) is 14.1. The molecule has 1 atom stereocenters. The minimum absolute atomic E-state index is 0.0106. The smallest absolute Gasteiger partial charge is 0.254 e. The summed E-state index contributed by atoms with van der Waals surface area (Å²) in [5, 5.41) is 1.06. The lowest BCUT2D eigenvalue weighted by Gasteiger charge is -2.32. The van der Waals surface area contributed by atoms with Crippen LogP contribution >= 0.6 is 11.3 Å². The van der Waals surface area contributed by atoms with E-state index in [0.29, 0.717) is 9.84 Å². The first-order valence-corrected chi connectivity index (χ1v) is 10.5. The Hall–Kier alpha value is -2.65. The SMILES string of the molecule is [2H]c1nc(N([2H])C2([2H])CCN(C([2H])c3ccc(F)c(C(=O)N([2H])C([2H])([2H])[2H])c3)CC2)c2nc(C([2H])(C)C)sc2n1. The van der Waals surface area contributed by atoms with Gasteiger partial charge in [-0.3, -0.25) is 9.69 Å². The quantitative estimate of drug-likeness (QED) is 0.593. The standard InChI is InChI=1S/C22H27FN6OS/c1-13(2)21-28-18-19(25-12-26-22(18)31-21)27-15-6-8-29(9-7-15)11-14-4-5-17(23)16(10-14)20(30)24-3/h4-5,10,12-13,15H,6-9,11H2,1-3H3,(H,24,30)(H,25,26,27)/i3D3,11D,12D,13D,15D/hD2. The molecular formula is C22H27FN6OS. The molecule has 2 N–H and O–H groups in total. The summed E-state index contributed by atoms with van der Waals surface area (Å²) in [5.74, 6) is -3.41. The lowest BCUT2D eigenvalue weighted by atomic mass is 10.0. The van der Waals surface area contributed by atoms with Gasteiger partial charge in [-0.2, -0.15) is 0 Å². The van der Waals surface area contributed by atoms with Crippen LogP contribution < -0.4 is 10.6 Å². The van der Waals surface area contributed by atoms with E-state index in [1.165, 1.54) is 6.07 Å². The van der Waals surface area contributed by atoms with Crippen LogP contribution in [0.25, 0.3) is 10.3 Å². The van der Waals surface area contributed by atoms with Crippen LogP contribution in [0.15, 0.2) is 24.5 Å². The molecule has 0 saturated carbocycles. The molecule has 1 fully saturated rings. The zero-order valence-electron chi connectivity index (χ0n) is 26.0. The van der Waals surface area contributed by atoms with Crippen LogP contribution in [0.4, 0.5) is 10.2 Å². The number of carbonyl (C=O) groups excluding carboxylic acids is 1. The number of thiazole rings is 1. The molecule has 2 aromatic heterocycles. The van der Waals surface area contributed by atoms with Gasteiger partial charge in [0.1, 0.15) is 23.8 Å². The van der Waals surface area contributed by atoms with Gasteiger partial charge in [0.15, 0.2) is 8.64 Å². The summed E-state index contributed by atoms with van der Waals surface area (Å²) in [6, 6.07) is 1.82. The fraction of sp³-hybridized carbons (Fsp3) is 0.455. The van der Waals surface area contributed by atoms with Crippen molar-refractivity contribution in [2.45, 2.75) is 45.1 Å². The number of nitrogens with one attached hydrogen (secondary N) is 2. The van der Waals surface area contributed by atoms with Gasteiger partial charge < -0.3 is 10.6 Å². The van der Waals surface area contributed by atoms with E-state index >= 15 is 0 Å². The molecule has 1 saturated heterocycles. The molecule has 1 amide bonds. The summed E-state index contributed by atoms with van der Waals surface area (Å²) in [6.07, 6.45) is -0.146. The van der Waals surface area contributed by atoms with Gasteiger partial charge in [0.25, 0.3) is 5.91 Å². The van der Waals surface area contributed by atoms with Crippen molar-refractivity contribution in [2.75, 3.05) is 25.4 Å². The summed E-state index contributed by atoms with van der Waals surface area (Å²) in [7, 11) is 0. The Morgan fingerprint density at radius 1 is 1.52 bits per heavy atom. The molecule has 3 aromatic rings. The van der Waals surface area contributed by atoms with Crippen molar-refractivity contribution >= 4 is 33.4 Å². The van der Waals surface area contributed by atoms with Crippen molar-refractivity contribution in [3.63, 3.8) is 0 Å². The Kier molecular flexibility index (Phi) is 3.88. The van der Waals surface area contributed by atoms with Crippen LogP contribution in [-0.4, -0.2) is 51.8 Å². The van der Waals surface area contributed by atoms with Crippen LogP contribution in [0.1, 0.15) is 63.1 Å². The number of piperidine rings is 1. The normalized spacial score (nSPS) is 22.5. The van der Waals surface area contributed by atoms with Gasteiger partial charge in [0.05, 0.1) is 11.9 Å². The highest BCUT2D eigenvalue weighted by atomic mass is 32.1. The van der Waals surface area contributed by atoms with Gasteiger partial charge >= 0.3 is 0 Å². The fourth-order valence-corrected chi connectivity index (χ4v) is 4.07. The van der Waals surface area contributed by atoms with Crippen LogP contribution in [0.3, 0.4) is 0 Å². The predicted octanol–water partition coefficient (Wildman–Crippen LogP) is 3.78. The second-order valence-corrected chi connectivity index (χ2v) is 8.30. The molecule has 1 unspecified atom stereocenters. The number of hydrogen-bond acceptors (Lipinski definition) is 7. The van der Waals surface area contributed by atoms with E-state index in [9.17, 15) is 9.18 Å². The Morgan fingerprint density at radius 3 is 3.06 bits per heavy atom. The van der Waals surface area contributed by atoms with Crippen molar-refractivity contribution in [3.8, 4) is 0 Å². The van der Waals surface area contributed by atoms with Gasteiger partial charge in [-0.05, 0) is 30.5 Å². The monoisotopic (exact) mass is 451 g/mol. The maximum Gasteiger partial charge on any atom is 0.254 e. The van der Waals surface area contributed by atoms with Crippen LogP contribution in [0.2, 0.25) is 2.82 Å². The minimum Gasteiger partial charge on any atom is -0.365 e. The Balaban J connectivity index is 1.53. The highest BCUT2D eigenvalue weighted by molar-refractivity contribution is 7.18. The zero-order valence-corrected chi connectivity index (χ0v) is 17.8. The van der Waals surface area contributed by atoms with E-state index < -0.39 is 42.7 Å². The van der Waals surface area contributed by atoms with Gasteiger partial charge in [-0.15, -0.1) is 0 Å². The van der Waals surface area contributed by atoms with Crippen molar-refractivity contribution < 1.29 is 21.6 Å². The summed E-state index contributed by atoms with van der Waals surface area (Å²) < 4.78 is 86.2. The second-order valence-electron chi connectivity index (χ2n) is 7.32. The minimum atomic E-state index is -3.08. The fourth-order valence-electron chi connectivity index (χ4n) is 3.23. The van der Waals surface area contributed by atoms with E-state index in [2.05, 4.69) is 15.0 Å². The summed E-state index contributed by atoms with van der Waals surface area (Å²) in [4.78, 5) is 27.0. The first-order chi connectivity index (χ1) is 18.4.